The van der Waals surface area contributed by atoms with Crippen molar-refractivity contribution in [2.24, 2.45) is 11.8 Å². The fraction of sp³-hybridized carbons (Fsp3) is 0.750. The van der Waals surface area contributed by atoms with Gasteiger partial charge in [0.15, 0.2) is 0 Å². The fourth-order valence-electron chi connectivity index (χ4n) is 3.16. The molecule has 1 aliphatic rings. The summed E-state index contributed by atoms with van der Waals surface area (Å²) >= 11 is 1.60. The second-order valence-electron chi connectivity index (χ2n) is 6.35. The molecule has 0 radical (unpaired) electrons. The number of likely N-dealkylation sites (N-methyl/N-ethyl adjacent to an activating group) is 1. The second kappa shape index (κ2) is 8.73. The average molecular weight is 341 g/mol. The number of rotatable bonds is 8. The van der Waals surface area contributed by atoms with E-state index in [1.165, 1.54) is 4.88 Å². The lowest BCUT2D eigenvalue weighted by atomic mass is 9.96. The number of likely N-dealkylation sites (tertiary alicyclic amines) is 1. The largest absolute Gasteiger partial charge is 0.396 e. The van der Waals surface area contributed by atoms with Gasteiger partial charge in [-0.25, -0.2) is 4.98 Å². The number of aryl methyl sites for hydroxylation is 2. The van der Waals surface area contributed by atoms with Crippen LogP contribution in [0.3, 0.4) is 0 Å². The Morgan fingerprint density at radius 3 is 2.78 bits per heavy atom. The van der Waals surface area contributed by atoms with Gasteiger partial charge in [-0.2, -0.15) is 0 Å². The Kier molecular flexibility index (Phi) is 6.95. The zero-order valence-electron chi connectivity index (χ0n) is 13.9. The van der Waals surface area contributed by atoms with Crippen molar-refractivity contribution in [3.8, 4) is 0 Å². The van der Waals surface area contributed by atoms with Crippen molar-refractivity contribution in [3.63, 3.8) is 0 Å². The molecule has 0 bridgehead atoms. The molecule has 2 heterocycles. The van der Waals surface area contributed by atoms with E-state index in [0.29, 0.717) is 26.1 Å². The average Bonchev–Trinajstić information content (AvgIpc) is 3.11. The summed E-state index contributed by atoms with van der Waals surface area (Å²) in [6, 6.07) is 0. The van der Waals surface area contributed by atoms with E-state index in [2.05, 4.69) is 9.88 Å². The molecule has 0 unspecified atom stereocenters. The van der Waals surface area contributed by atoms with Crippen LogP contribution in [0.15, 0.2) is 5.51 Å². The number of hydrogen-bond donors (Lipinski definition) is 2. The Bertz CT molecular complexity index is 509. The third-order valence-corrected chi connectivity index (χ3v) is 5.60. The topological polar surface area (TPSA) is 76.9 Å². The molecular formula is C16H27N3O3S. The van der Waals surface area contributed by atoms with Crippen molar-refractivity contribution in [2.45, 2.75) is 19.8 Å². The first-order chi connectivity index (χ1) is 11.0. The molecule has 6 nitrogen and oxygen atoms in total. The number of nitrogens with zero attached hydrogens (tertiary/aromatic N) is 3. The van der Waals surface area contributed by atoms with Gasteiger partial charge in [0.2, 0.25) is 5.91 Å². The van der Waals surface area contributed by atoms with E-state index in [4.69, 9.17) is 5.11 Å². The van der Waals surface area contributed by atoms with E-state index in [1.54, 1.807) is 11.3 Å². The highest BCUT2D eigenvalue weighted by Crippen LogP contribution is 2.25. The Morgan fingerprint density at radius 2 is 2.17 bits per heavy atom. The zero-order valence-corrected chi connectivity index (χ0v) is 14.8. The molecule has 130 valence electrons. The smallest absolute Gasteiger partial charge is 0.222 e. The van der Waals surface area contributed by atoms with Gasteiger partial charge in [-0.1, -0.05) is 0 Å². The van der Waals surface area contributed by atoms with Crippen molar-refractivity contribution in [3.05, 3.63) is 16.1 Å². The van der Waals surface area contributed by atoms with Crippen molar-refractivity contribution in [1.82, 2.24) is 14.8 Å². The normalized spacial score (nSPS) is 21.3. The Morgan fingerprint density at radius 1 is 1.43 bits per heavy atom. The molecule has 2 rings (SSSR count). The molecule has 0 aliphatic carbocycles. The van der Waals surface area contributed by atoms with Crippen LogP contribution in [0.4, 0.5) is 0 Å². The van der Waals surface area contributed by atoms with Gasteiger partial charge in [-0.05, 0) is 26.3 Å². The number of aliphatic hydroxyl groups excluding tert-OH is 2. The monoisotopic (exact) mass is 341 g/mol. The number of carbonyl (C=O) groups is 1. The zero-order chi connectivity index (χ0) is 16.8. The summed E-state index contributed by atoms with van der Waals surface area (Å²) in [6.45, 7) is 4.95. The lowest BCUT2D eigenvalue weighted by Crippen LogP contribution is -2.33. The SMILES string of the molecule is Cc1ncsc1CCC(=O)N1C[C@@H](CN(C)CCO)[C@@H](CO)C1. The maximum atomic E-state index is 12.4. The maximum Gasteiger partial charge on any atom is 0.222 e. The van der Waals surface area contributed by atoms with Gasteiger partial charge >= 0.3 is 0 Å². The molecule has 0 aromatic carbocycles. The summed E-state index contributed by atoms with van der Waals surface area (Å²) < 4.78 is 0. The molecule has 1 aromatic heterocycles. The molecule has 1 aromatic rings. The summed E-state index contributed by atoms with van der Waals surface area (Å²) in [5.74, 6) is 0.555. The first kappa shape index (κ1) is 18.3. The molecule has 23 heavy (non-hydrogen) atoms. The standard InChI is InChI=1S/C16H27N3O3S/c1-12-15(23-11-17-12)3-4-16(22)19-8-13(14(9-19)10-21)7-18(2)5-6-20/h11,13-14,20-21H,3-10H2,1-2H3/t13-,14-/m1/s1. The van der Waals surface area contributed by atoms with Crippen molar-refractivity contribution >= 4 is 17.2 Å². The minimum absolute atomic E-state index is 0.107. The fourth-order valence-corrected chi connectivity index (χ4v) is 3.94. The summed E-state index contributed by atoms with van der Waals surface area (Å²) in [5.41, 5.74) is 2.83. The van der Waals surface area contributed by atoms with E-state index in [9.17, 15) is 9.90 Å². The predicted octanol–water partition coefficient (Wildman–Crippen LogP) is 0.375. The molecule has 0 saturated carbocycles. The summed E-state index contributed by atoms with van der Waals surface area (Å²) in [5, 5.41) is 18.6. The van der Waals surface area contributed by atoms with Crippen molar-refractivity contribution < 1.29 is 15.0 Å². The molecule has 0 spiro atoms. The third kappa shape index (κ3) is 4.97. The lowest BCUT2D eigenvalue weighted by Gasteiger charge is -2.23. The van der Waals surface area contributed by atoms with Gasteiger partial charge < -0.3 is 20.0 Å². The molecule has 7 heteroatoms. The molecule has 1 aliphatic heterocycles. The number of aromatic nitrogens is 1. The molecule has 1 fully saturated rings. The summed E-state index contributed by atoms with van der Waals surface area (Å²) in [4.78, 5) is 21.8. The van der Waals surface area contributed by atoms with Crippen LogP contribution in [-0.2, 0) is 11.2 Å². The quantitative estimate of drug-likeness (QED) is 0.715. The Hall–Kier alpha value is -1.02. The number of thiazole rings is 1. The van der Waals surface area contributed by atoms with Crippen LogP contribution in [0.2, 0.25) is 0 Å². The molecular weight excluding hydrogens is 314 g/mol. The van der Waals surface area contributed by atoms with Crippen LogP contribution in [-0.4, -0.2) is 77.3 Å². The van der Waals surface area contributed by atoms with E-state index < -0.39 is 0 Å². The summed E-state index contributed by atoms with van der Waals surface area (Å²) in [6.07, 6.45) is 1.24. The van der Waals surface area contributed by atoms with Gasteiger partial charge in [0.1, 0.15) is 0 Å². The Balaban J connectivity index is 1.85. The third-order valence-electron chi connectivity index (χ3n) is 4.60. The first-order valence-corrected chi connectivity index (χ1v) is 9.00. The van der Waals surface area contributed by atoms with E-state index in [-0.39, 0.29) is 31.0 Å². The number of hydrogen-bond acceptors (Lipinski definition) is 6. The van der Waals surface area contributed by atoms with Gasteiger partial charge in [-0.15, -0.1) is 11.3 Å². The maximum absolute atomic E-state index is 12.4. The van der Waals surface area contributed by atoms with Crippen molar-refractivity contribution in [2.75, 3.05) is 46.4 Å². The second-order valence-corrected chi connectivity index (χ2v) is 7.29. The molecule has 2 atom stereocenters. The molecule has 1 amide bonds. The first-order valence-electron chi connectivity index (χ1n) is 8.12. The highest BCUT2D eigenvalue weighted by atomic mass is 32.1. The van der Waals surface area contributed by atoms with Crippen LogP contribution >= 0.6 is 11.3 Å². The Labute approximate surface area is 141 Å². The number of aliphatic hydroxyl groups is 2. The van der Waals surface area contributed by atoms with E-state index in [1.807, 2.05) is 24.4 Å². The van der Waals surface area contributed by atoms with Crippen LogP contribution < -0.4 is 0 Å². The van der Waals surface area contributed by atoms with Gasteiger partial charge in [-0.3, -0.25) is 4.79 Å². The van der Waals surface area contributed by atoms with Gasteiger partial charge in [0.05, 0.1) is 17.8 Å². The van der Waals surface area contributed by atoms with E-state index >= 15 is 0 Å². The highest BCUT2D eigenvalue weighted by molar-refractivity contribution is 7.09. The highest BCUT2D eigenvalue weighted by Gasteiger charge is 2.35. The lowest BCUT2D eigenvalue weighted by molar-refractivity contribution is -0.130. The van der Waals surface area contributed by atoms with Crippen LogP contribution in [0, 0.1) is 18.8 Å². The summed E-state index contributed by atoms with van der Waals surface area (Å²) in [7, 11) is 1.96. The van der Waals surface area contributed by atoms with Crippen LogP contribution in [0.25, 0.3) is 0 Å². The van der Waals surface area contributed by atoms with Gasteiger partial charge in [0, 0.05) is 50.0 Å². The number of carbonyl (C=O) groups excluding carboxylic acids is 1. The number of amides is 1. The predicted molar refractivity (Wildman–Crippen MR) is 90.4 cm³/mol. The van der Waals surface area contributed by atoms with Crippen molar-refractivity contribution in [1.29, 1.82) is 0 Å². The minimum Gasteiger partial charge on any atom is -0.396 e. The van der Waals surface area contributed by atoms with Crippen LogP contribution in [0.5, 0.6) is 0 Å². The van der Waals surface area contributed by atoms with Gasteiger partial charge in [0.25, 0.3) is 0 Å². The molecule has 1 saturated heterocycles. The van der Waals surface area contributed by atoms with Crippen LogP contribution in [0.1, 0.15) is 17.0 Å². The van der Waals surface area contributed by atoms with E-state index in [0.717, 1.165) is 18.7 Å². The minimum atomic E-state index is 0.107. The molecule has 2 N–H and O–H groups in total.